The maximum Gasteiger partial charge on any atom is 0.0866 e. The van der Waals surface area contributed by atoms with Gasteiger partial charge >= 0.3 is 0 Å². The van der Waals surface area contributed by atoms with Crippen LogP contribution in [0.2, 0.25) is 5.02 Å². The Balaban J connectivity index is 2.46. The fourth-order valence-corrected chi connectivity index (χ4v) is 2.04. The molecule has 14 heavy (non-hydrogen) atoms. The van der Waals surface area contributed by atoms with E-state index in [1.54, 1.807) is 0 Å². The Kier molecular flexibility index (Phi) is 2.67. The summed E-state index contributed by atoms with van der Waals surface area (Å²) in [6.45, 7) is 0. The van der Waals surface area contributed by atoms with Gasteiger partial charge in [-0.05, 0) is 18.2 Å². The van der Waals surface area contributed by atoms with Crippen molar-refractivity contribution in [2.75, 3.05) is 10.6 Å². The summed E-state index contributed by atoms with van der Waals surface area (Å²) in [5, 5.41) is 6.87. The molecule has 0 bridgehead atoms. The van der Waals surface area contributed by atoms with Crippen LogP contribution in [0.3, 0.4) is 0 Å². The lowest BCUT2D eigenvalue weighted by molar-refractivity contribution is 1.63. The van der Waals surface area contributed by atoms with Gasteiger partial charge in [-0.25, -0.2) is 0 Å². The number of anilines is 2. The van der Waals surface area contributed by atoms with Crippen molar-refractivity contribution < 1.29 is 0 Å². The lowest BCUT2D eigenvalue weighted by Gasteiger charge is -2.07. The zero-order valence-electron chi connectivity index (χ0n) is 7.13. The van der Waals surface area contributed by atoms with E-state index >= 15 is 0 Å². The van der Waals surface area contributed by atoms with E-state index in [4.69, 9.17) is 36.0 Å². The van der Waals surface area contributed by atoms with Crippen molar-refractivity contribution in [3.63, 3.8) is 0 Å². The smallest absolute Gasteiger partial charge is 0.0866 e. The second kappa shape index (κ2) is 3.81. The Hall–Kier alpha value is -0.710. The molecule has 0 aliphatic carbocycles. The monoisotopic (exact) mass is 242 g/mol. The lowest BCUT2D eigenvalue weighted by Crippen LogP contribution is -2.12. The van der Waals surface area contributed by atoms with Crippen LogP contribution in [0.1, 0.15) is 6.42 Å². The van der Waals surface area contributed by atoms with Crippen LogP contribution in [-0.2, 0) is 0 Å². The molecule has 1 aliphatic rings. The SMILES string of the molecule is S=C1CC(=S)Nc2cc(Cl)ccc2N1. The largest absolute Gasteiger partial charge is 0.348 e. The van der Waals surface area contributed by atoms with Crippen LogP contribution >= 0.6 is 36.0 Å². The van der Waals surface area contributed by atoms with Crippen LogP contribution in [0.25, 0.3) is 0 Å². The molecule has 5 heteroatoms. The van der Waals surface area contributed by atoms with Gasteiger partial charge in [0.1, 0.15) is 0 Å². The molecule has 2 nitrogen and oxygen atoms in total. The quantitative estimate of drug-likeness (QED) is 0.683. The molecule has 2 rings (SSSR count). The van der Waals surface area contributed by atoms with Gasteiger partial charge in [0, 0.05) is 11.4 Å². The van der Waals surface area contributed by atoms with Gasteiger partial charge in [0.15, 0.2) is 0 Å². The molecule has 0 amide bonds. The van der Waals surface area contributed by atoms with Crippen LogP contribution in [-0.4, -0.2) is 9.98 Å². The molecule has 1 aromatic carbocycles. The number of hydrogen-bond acceptors (Lipinski definition) is 2. The van der Waals surface area contributed by atoms with Gasteiger partial charge in [-0.15, -0.1) is 0 Å². The number of thiocarbonyl (C=S) groups is 2. The molecule has 2 N–H and O–H groups in total. The zero-order chi connectivity index (χ0) is 10.1. The molecule has 0 saturated heterocycles. The maximum atomic E-state index is 5.87. The van der Waals surface area contributed by atoms with Crippen LogP contribution in [0.15, 0.2) is 18.2 Å². The predicted molar refractivity (Wildman–Crippen MR) is 68.5 cm³/mol. The van der Waals surface area contributed by atoms with Crippen LogP contribution in [0.4, 0.5) is 11.4 Å². The first kappa shape index (κ1) is 9.83. The molecular weight excluding hydrogens is 236 g/mol. The molecule has 72 valence electrons. The molecule has 1 aliphatic heterocycles. The molecular formula is C9H7ClN2S2. The molecule has 0 spiro atoms. The summed E-state index contributed by atoms with van der Waals surface area (Å²) in [6.07, 6.45) is 0.580. The minimum atomic E-state index is 0.580. The number of rotatable bonds is 0. The third-order valence-electron chi connectivity index (χ3n) is 1.85. The van der Waals surface area contributed by atoms with Crippen LogP contribution < -0.4 is 10.6 Å². The summed E-state index contributed by atoms with van der Waals surface area (Å²) in [7, 11) is 0. The van der Waals surface area contributed by atoms with E-state index in [0.717, 1.165) is 16.4 Å². The fourth-order valence-electron chi connectivity index (χ4n) is 1.26. The summed E-state index contributed by atoms with van der Waals surface area (Å²) in [6, 6.07) is 5.51. The Morgan fingerprint density at radius 2 is 1.71 bits per heavy atom. The second-order valence-corrected chi connectivity index (χ2v) is 4.39. The van der Waals surface area contributed by atoms with Gasteiger partial charge in [-0.3, -0.25) is 0 Å². The van der Waals surface area contributed by atoms with E-state index in [9.17, 15) is 0 Å². The summed E-state index contributed by atoms with van der Waals surface area (Å²) >= 11 is 16.1. The fraction of sp³-hybridized carbons (Fsp3) is 0.111. The number of fused-ring (bicyclic) bond motifs is 1. The van der Waals surface area contributed by atoms with Gasteiger partial charge in [-0.1, -0.05) is 36.0 Å². The van der Waals surface area contributed by atoms with E-state index in [2.05, 4.69) is 10.6 Å². The summed E-state index contributed by atoms with van der Waals surface area (Å²) in [4.78, 5) is 1.44. The highest BCUT2D eigenvalue weighted by molar-refractivity contribution is 7.82. The lowest BCUT2D eigenvalue weighted by atomic mass is 10.2. The van der Waals surface area contributed by atoms with Gasteiger partial charge in [0.05, 0.1) is 21.4 Å². The highest BCUT2D eigenvalue weighted by Gasteiger charge is 2.12. The molecule has 0 radical (unpaired) electrons. The summed E-state index contributed by atoms with van der Waals surface area (Å²) < 4.78 is 0. The van der Waals surface area contributed by atoms with Crippen molar-refractivity contribution in [2.24, 2.45) is 0 Å². The molecule has 0 unspecified atom stereocenters. The van der Waals surface area contributed by atoms with Crippen molar-refractivity contribution >= 4 is 57.4 Å². The summed E-state index contributed by atoms with van der Waals surface area (Å²) in [5.74, 6) is 0. The first-order valence-electron chi connectivity index (χ1n) is 4.04. The maximum absolute atomic E-state index is 5.87. The van der Waals surface area contributed by atoms with E-state index in [-0.39, 0.29) is 0 Å². The topological polar surface area (TPSA) is 24.1 Å². The van der Waals surface area contributed by atoms with Crippen molar-refractivity contribution in [3.8, 4) is 0 Å². The Bertz CT molecular complexity index is 417. The number of hydrogen-bond donors (Lipinski definition) is 2. The van der Waals surface area contributed by atoms with Crippen molar-refractivity contribution in [2.45, 2.75) is 6.42 Å². The average molecular weight is 243 g/mol. The molecule has 0 saturated carbocycles. The van der Waals surface area contributed by atoms with Gasteiger partial charge in [0.25, 0.3) is 0 Å². The van der Waals surface area contributed by atoms with Crippen LogP contribution in [0, 0.1) is 0 Å². The van der Waals surface area contributed by atoms with Gasteiger partial charge in [0.2, 0.25) is 0 Å². The van der Waals surface area contributed by atoms with Crippen molar-refractivity contribution in [3.05, 3.63) is 23.2 Å². The second-order valence-electron chi connectivity index (χ2n) is 2.96. The van der Waals surface area contributed by atoms with E-state index in [0.29, 0.717) is 16.4 Å². The Morgan fingerprint density at radius 3 is 2.43 bits per heavy atom. The van der Waals surface area contributed by atoms with E-state index < -0.39 is 0 Å². The normalized spacial score (nSPS) is 15.2. The van der Waals surface area contributed by atoms with Gasteiger partial charge in [-0.2, -0.15) is 0 Å². The first-order valence-corrected chi connectivity index (χ1v) is 5.24. The highest BCUT2D eigenvalue weighted by atomic mass is 35.5. The third kappa shape index (κ3) is 2.03. The van der Waals surface area contributed by atoms with Gasteiger partial charge < -0.3 is 10.6 Å². The minimum Gasteiger partial charge on any atom is -0.348 e. The van der Waals surface area contributed by atoms with Crippen molar-refractivity contribution in [1.29, 1.82) is 0 Å². The average Bonchev–Trinajstić information content (AvgIpc) is 2.21. The first-order chi connectivity index (χ1) is 6.65. The predicted octanol–water partition coefficient (Wildman–Crippen LogP) is 3.22. The highest BCUT2D eigenvalue weighted by Crippen LogP contribution is 2.28. The zero-order valence-corrected chi connectivity index (χ0v) is 9.52. The number of nitrogens with one attached hydrogen (secondary N) is 2. The number of benzene rings is 1. The van der Waals surface area contributed by atoms with E-state index in [1.165, 1.54) is 0 Å². The standard InChI is InChI=1S/C9H7ClN2S2/c10-5-1-2-6-7(3-5)12-9(14)4-8(13)11-6/h1-3H,4H2,(H,11,13)(H,12,14). The third-order valence-corrected chi connectivity index (χ3v) is 2.58. The van der Waals surface area contributed by atoms with E-state index in [1.807, 2.05) is 18.2 Å². The molecule has 1 aromatic rings. The Labute approximate surface area is 97.6 Å². The minimum absolute atomic E-state index is 0.580. The molecule has 0 fully saturated rings. The Morgan fingerprint density at radius 1 is 1.07 bits per heavy atom. The van der Waals surface area contributed by atoms with Crippen LogP contribution in [0.5, 0.6) is 0 Å². The summed E-state index contributed by atoms with van der Waals surface area (Å²) in [5.41, 5.74) is 1.79. The number of halogens is 1. The molecule has 1 heterocycles. The molecule has 0 aromatic heterocycles. The molecule has 0 atom stereocenters. The van der Waals surface area contributed by atoms with Crippen molar-refractivity contribution in [1.82, 2.24) is 0 Å².